The van der Waals surface area contributed by atoms with Crippen LogP contribution >= 0.6 is 23.2 Å². The lowest BCUT2D eigenvalue weighted by Gasteiger charge is -2.18. The van der Waals surface area contributed by atoms with E-state index in [-0.39, 0.29) is 45.3 Å². The lowest BCUT2D eigenvalue weighted by Crippen LogP contribution is -2.26. The number of nitrogen functional groups attached to an aromatic ring is 1. The maximum Gasteiger partial charge on any atom is 0.436 e. The van der Waals surface area contributed by atoms with Crippen molar-refractivity contribution in [1.82, 2.24) is 34.5 Å². The molecule has 7 rings (SSSR count). The number of nitrogens with one attached hydrogen (secondary N) is 1. The van der Waals surface area contributed by atoms with E-state index in [2.05, 4.69) is 25.3 Å². The van der Waals surface area contributed by atoms with E-state index < -0.39 is 23.9 Å². The Morgan fingerprint density at radius 2 is 1.85 bits per heavy atom. The fraction of sp³-hybridized carbons (Fsp3) is 0.192. The van der Waals surface area contributed by atoms with Crippen LogP contribution in [0.15, 0.2) is 53.5 Å². The van der Waals surface area contributed by atoms with Gasteiger partial charge < -0.3 is 15.3 Å². The summed E-state index contributed by atoms with van der Waals surface area (Å²) in [7, 11) is 0. The van der Waals surface area contributed by atoms with E-state index in [0.717, 1.165) is 23.0 Å². The molecular weight excluding hydrogens is 587 g/mol. The average Bonchev–Trinajstić information content (AvgIpc) is 3.21. The number of benzene rings is 1. The van der Waals surface area contributed by atoms with Crippen LogP contribution in [0, 0.1) is 11.9 Å². The first-order valence-corrected chi connectivity index (χ1v) is 13.0. The summed E-state index contributed by atoms with van der Waals surface area (Å²) in [6.07, 6.45) is -3.12. The Balaban J connectivity index is 1.31. The highest BCUT2D eigenvalue weighted by Crippen LogP contribution is 2.60. The summed E-state index contributed by atoms with van der Waals surface area (Å²) in [5.41, 5.74) is 6.13. The van der Waals surface area contributed by atoms with Gasteiger partial charge in [-0.3, -0.25) is 4.79 Å². The minimum atomic E-state index is -4.67. The minimum Gasteiger partial charge on any atom is -0.384 e. The number of rotatable bonds is 4. The molecule has 2 aliphatic rings. The van der Waals surface area contributed by atoms with Crippen LogP contribution in [0.5, 0.6) is 0 Å². The van der Waals surface area contributed by atoms with Crippen molar-refractivity contribution in [2.24, 2.45) is 5.92 Å². The summed E-state index contributed by atoms with van der Waals surface area (Å²) in [5, 5.41) is 7.29. The van der Waals surface area contributed by atoms with Gasteiger partial charge in [0, 0.05) is 28.3 Å². The summed E-state index contributed by atoms with van der Waals surface area (Å²) in [4.78, 5) is 24.7. The normalized spacial score (nSPS) is 19.3. The summed E-state index contributed by atoms with van der Waals surface area (Å²) in [6, 6.07) is 10.2. The zero-order chi connectivity index (χ0) is 28.8. The Morgan fingerprint density at radius 3 is 2.59 bits per heavy atom. The Kier molecular flexibility index (Phi) is 5.57. The van der Waals surface area contributed by atoms with Gasteiger partial charge in [-0.05, 0) is 54.3 Å². The molecule has 1 aromatic carbocycles. The highest BCUT2D eigenvalue weighted by molar-refractivity contribution is 6.32. The standard InChI is InChI=1S/C26H16Cl2F4N8O/c27-11-1-3-16(39-9-18(37-38-39)26(30,31)32)13(7-11)10-5-17-14-8-15(14)22(40(17)20(41)6-10)25-35-21(23(28)36-25)12-2-4-19(33)34-24(12)29/h1-7,9,14-15,22H,8H2,(H2,33,34)(H,35,36). The molecule has 3 atom stereocenters. The van der Waals surface area contributed by atoms with Gasteiger partial charge >= 0.3 is 6.18 Å². The van der Waals surface area contributed by atoms with Gasteiger partial charge in [0.1, 0.15) is 22.5 Å². The van der Waals surface area contributed by atoms with Crippen molar-refractivity contribution in [1.29, 1.82) is 0 Å². The van der Waals surface area contributed by atoms with Crippen LogP contribution in [0.1, 0.15) is 35.6 Å². The Bertz CT molecular complexity index is 1930. The fourth-order valence-corrected chi connectivity index (χ4v) is 5.94. The molecule has 15 heteroatoms. The average molecular weight is 603 g/mol. The maximum atomic E-state index is 14.5. The van der Waals surface area contributed by atoms with Gasteiger partial charge in [-0.15, -0.1) is 5.10 Å². The number of hydrogen-bond acceptors (Lipinski definition) is 6. The summed E-state index contributed by atoms with van der Waals surface area (Å²) in [6.45, 7) is 0. The lowest BCUT2D eigenvalue weighted by atomic mass is 10.0. The van der Waals surface area contributed by atoms with E-state index in [4.69, 9.17) is 28.9 Å². The Morgan fingerprint density at radius 1 is 1.05 bits per heavy atom. The van der Waals surface area contributed by atoms with Gasteiger partial charge in [-0.1, -0.05) is 28.4 Å². The summed E-state index contributed by atoms with van der Waals surface area (Å²) < 4.78 is 56.6. The second-order valence-electron chi connectivity index (χ2n) is 9.89. The van der Waals surface area contributed by atoms with E-state index >= 15 is 0 Å². The van der Waals surface area contributed by atoms with Crippen molar-refractivity contribution in [3.8, 4) is 28.1 Å². The highest BCUT2D eigenvalue weighted by atomic mass is 35.5. The van der Waals surface area contributed by atoms with Gasteiger partial charge in [0.05, 0.1) is 23.5 Å². The lowest BCUT2D eigenvalue weighted by molar-refractivity contribution is -0.141. The van der Waals surface area contributed by atoms with E-state index in [1.165, 1.54) is 30.3 Å². The summed E-state index contributed by atoms with van der Waals surface area (Å²) >= 11 is 12.6. The molecule has 3 unspecified atom stereocenters. The molecule has 4 aromatic heterocycles. The molecule has 1 fully saturated rings. The molecule has 41 heavy (non-hydrogen) atoms. The van der Waals surface area contributed by atoms with Crippen LogP contribution in [0.25, 0.3) is 28.1 Å². The molecule has 0 amide bonds. The monoisotopic (exact) mass is 602 g/mol. The fourth-order valence-electron chi connectivity index (χ4n) is 5.52. The van der Waals surface area contributed by atoms with E-state index in [9.17, 15) is 22.4 Å². The Labute approximate surface area is 237 Å². The first-order valence-electron chi connectivity index (χ1n) is 12.2. The maximum absolute atomic E-state index is 14.5. The SMILES string of the molecule is Nc1ccc(-c2nc(C3C4CC4c4cc(-c5cc(Cl)ccc5-n5cc(C(F)(F)F)nn5)cc(=O)n43)[nH]c2Cl)c(F)n1. The predicted molar refractivity (Wildman–Crippen MR) is 141 cm³/mol. The van der Waals surface area contributed by atoms with Gasteiger partial charge in [-0.2, -0.15) is 17.6 Å². The van der Waals surface area contributed by atoms with E-state index in [1.54, 1.807) is 10.6 Å². The van der Waals surface area contributed by atoms with E-state index in [1.807, 2.05) is 6.07 Å². The summed E-state index contributed by atoms with van der Waals surface area (Å²) in [5.74, 6) is -0.326. The molecule has 0 spiro atoms. The van der Waals surface area contributed by atoms with Crippen LogP contribution in [-0.4, -0.2) is 34.5 Å². The van der Waals surface area contributed by atoms with Crippen LogP contribution in [0.2, 0.25) is 10.2 Å². The molecule has 9 nitrogen and oxygen atoms in total. The van der Waals surface area contributed by atoms with Crippen molar-refractivity contribution in [2.75, 3.05) is 5.73 Å². The first-order chi connectivity index (χ1) is 19.5. The second kappa shape index (κ2) is 8.88. The molecule has 5 aromatic rings. The number of fused-ring (bicyclic) bond motifs is 3. The van der Waals surface area contributed by atoms with Crippen molar-refractivity contribution in [3.63, 3.8) is 0 Å². The minimum absolute atomic E-state index is 0.0125. The van der Waals surface area contributed by atoms with Crippen LogP contribution in [-0.2, 0) is 6.18 Å². The number of hydrogen-bond donors (Lipinski definition) is 2. The third kappa shape index (κ3) is 4.18. The molecule has 3 N–H and O–H groups in total. The molecule has 1 saturated carbocycles. The highest BCUT2D eigenvalue weighted by Gasteiger charge is 2.54. The molecular formula is C26H16Cl2F4N8O. The van der Waals surface area contributed by atoms with Crippen LogP contribution in [0.4, 0.5) is 23.4 Å². The largest absolute Gasteiger partial charge is 0.436 e. The van der Waals surface area contributed by atoms with Crippen molar-refractivity contribution in [2.45, 2.75) is 24.6 Å². The van der Waals surface area contributed by atoms with Gasteiger partial charge in [-0.25, -0.2) is 14.6 Å². The van der Waals surface area contributed by atoms with Crippen molar-refractivity contribution in [3.05, 3.63) is 92.4 Å². The van der Waals surface area contributed by atoms with Gasteiger partial charge in [0.2, 0.25) is 5.95 Å². The number of aromatic nitrogens is 7. The molecule has 5 heterocycles. The predicted octanol–water partition coefficient (Wildman–Crippen LogP) is 5.63. The molecule has 208 valence electrons. The third-order valence-corrected chi connectivity index (χ3v) is 7.89. The number of pyridine rings is 2. The first kappa shape index (κ1) is 25.7. The number of nitrogens with zero attached hydrogens (tertiary/aromatic N) is 6. The van der Waals surface area contributed by atoms with Crippen molar-refractivity contribution < 1.29 is 17.6 Å². The second-order valence-corrected chi connectivity index (χ2v) is 10.7. The molecule has 1 aliphatic carbocycles. The molecule has 1 aliphatic heterocycles. The number of halogens is 6. The quantitative estimate of drug-likeness (QED) is 0.203. The number of nitrogens with two attached hydrogens (primary N) is 1. The number of aromatic amines is 1. The third-order valence-electron chi connectivity index (χ3n) is 7.39. The number of imidazole rings is 1. The van der Waals surface area contributed by atoms with E-state index in [0.29, 0.717) is 22.0 Å². The number of H-pyrrole nitrogens is 1. The zero-order valence-corrected chi connectivity index (χ0v) is 22.0. The zero-order valence-electron chi connectivity index (χ0n) is 20.5. The Hall–Kier alpha value is -4.23. The molecule has 0 saturated heterocycles. The number of alkyl halides is 3. The topological polar surface area (TPSA) is 120 Å². The number of anilines is 1. The van der Waals surface area contributed by atoms with Gasteiger partial charge in [0.15, 0.2) is 5.69 Å². The molecule has 0 radical (unpaired) electrons. The molecule has 0 bridgehead atoms. The van der Waals surface area contributed by atoms with Crippen molar-refractivity contribution >= 4 is 29.0 Å². The smallest absolute Gasteiger partial charge is 0.384 e. The van der Waals surface area contributed by atoms with Crippen LogP contribution in [0.3, 0.4) is 0 Å². The van der Waals surface area contributed by atoms with Gasteiger partial charge in [0.25, 0.3) is 5.56 Å². The van der Waals surface area contributed by atoms with Crippen LogP contribution < -0.4 is 11.3 Å².